The summed E-state index contributed by atoms with van der Waals surface area (Å²) in [4.78, 5) is 0. The van der Waals surface area contributed by atoms with E-state index < -0.39 is 0 Å². The third-order valence-electron chi connectivity index (χ3n) is 0.224. The van der Waals surface area contributed by atoms with E-state index in [0.29, 0.717) is 0 Å². The highest BCUT2D eigenvalue weighted by Gasteiger charge is 1.75. The van der Waals surface area contributed by atoms with Gasteiger partial charge in [0.2, 0.25) is 0 Å². The van der Waals surface area contributed by atoms with Crippen molar-refractivity contribution in [3.8, 4) is 0 Å². The molecule has 0 aliphatic rings. The quantitative estimate of drug-likeness (QED) is 0.392. The maximum absolute atomic E-state index is 3.31. The van der Waals surface area contributed by atoms with Crippen LogP contribution in [0.4, 0.5) is 0 Å². The maximum atomic E-state index is 3.31. The smallest absolute Gasteiger partial charge is 0.116 e. The molecule has 0 rings (SSSR count). The van der Waals surface area contributed by atoms with Crippen LogP contribution in [0, 0.1) is 0 Å². The van der Waals surface area contributed by atoms with E-state index in [4.69, 9.17) is 0 Å². The first kappa shape index (κ1) is 5.39. The summed E-state index contributed by atoms with van der Waals surface area (Å²) in [5.41, 5.74) is 0. The summed E-state index contributed by atoms with van der Waals surface area (Å²) < 4.78 is 2.07. The molecule has 5 radical (unpaired) electrons. The monoisotopic (exact) mass is 100 g/mol. The molecule has 0 heterocycles. The molecule has 5 heavy (non-hydrogen) atoms. The Morgan fingerprint density at radius 2 is 1.80 bits per heavy atom. The van der Waals surface area contributed by atoms with Crippen LogP contribution in [-0.2, 0) is 0 Å². The van der Waals surface area contributed by atoms with E-state index in [1.165, 1.54) is 0 Å². The van der Waals surface area contributed by atoms with Gasteiger partial charge in [-0.1, -0.05) is 0 Å². The molecule has 0 saturated carbocycles. The molecule has 3 heteroatoms. The van der Waals surface area contributed by atoms with Crippen LogP contribution in [0.25, 0.3) is 0 Å². The van der Waals surface area contributed by atoms with Gasteiger partial charge in [0.05, 0.1) is 0 Å². The minimum Gasteiger partial charge on any atom is -0.334 e. The lowest BCUT2D eigenvalue weighted by atomic mass is 11.3. The van der Waals surface area contributed by atoms with Crippen molar-refractivity contribution in [3.05, 3.63) is 0 Å². The van der Waals surface area contributed by atoms with Gasteiger partial charge in [-0.15, -0.1) is 0 Å². The normalized spacial score (nSPS) is 9.60. The Hall–Kier alpha value is 0.394. The number of hydrogen-bond donors (Lipinski definition) is 0. The average molecular weight is 100 g/mol. The van der Waals surface area contributed by atoms with Crippen molar-refractivity contribution in [3.63, 3.8) is 0 Å². The first-order valence-corrected chi connectivity index (χ1v) is 3.82. The van der Waals surface area contributed by atoms with Crippen molar-refractivity contribution in [2.24, 2.45) is 0 Å². The van der Waals surface area contributed by atoms with Gasteiger partial charge < -0.3 is 4.57 Å². The summed E-state index contributed by atoms with van der Waals surface area (Å²) >= 11 is 0. The van der Waals surface area contributed by atoms with Crippen LogP contribution in [0.1, 0.15) is 0 Å². The Kier molecular flexibility index (Phi) is 2.83. The Labute approximate surface area is 38.5 Å². The van der Waals surface area contributed by atoms with Crippen LogP contribution >= 0.6 is 0 Å². The van der Waals surface area contributed by atoms with Gasteiger partial charge in [0.1, 0.15) is 9.20 Å². The van der Waals surface area contributed by atoms with E-state index in [1.807, 2.05) is 14.1 Å². The summed E-state index contributed by atoms with van der Waals surface area (Å²) in [7, 11) is 8.10. The van der Waals surface area contributed by atoms with Crippen molar-refractivity contribution < 1.29 is 0 Å². The maximum Gasteiger partial charge on any atom is 0.116 e. The van der Waals surface area contributed by atoms with E-state index >= 15 is 0 Å². The van der Waals surface area contributed by atoms with Crippen LogP contribution in [-0.4, -0.2) is 37.6 Å². The lowest BCUT2D eigenvalue weighted by Gasteiger charge is -1.98. The second-order valence-corrected chi connectivity index (χ2v) is 2.80. The molecular weight excluding hydrogens is 94.2 g/mol. The molecule has 0 aromatic rings. The summed E-state index contributed by atoms with van der Waals surface area (Å²) in [5.74, 6) is 0. The zero-order valence-electron chi connectivity index (χ0n) is 3.45. The van der Waals surface area contributed by atoms with Crippen LogP contribution in [0.2, 0.25) is 0 Å². The Bertz CT molecular complexity index is 21.6. The summed E-state index contributed by atoms with van der Waals surface area (Å²) in [6, 6.07) is 0. The van der Waals surface area contributed by atoms with E-state index in [-0.39, 0.29) is 0 Å². The Balaban J connectivity index is 2.54. The predicted molar refractivity (Wildman–Crippen MR) is 25.2 cm³/mol. The molecule has 0 N–H and O–H groups in total. The van der Waals surface area contributed by atoms with Gasteiger partial charge in [0, 0.05) is 9.76 Å². The van der Waals surface area contributed by atoms with Crippen molar-refractivity contribution in [1.82, 2.24) is 4.57 Å². The fourth-order valence-electron chi connectivity index (χ4n) is 0. The lowest BCUT2D eigenvalue weighted by Crippen LogP contribution is -2.16. The molecule has 0 atom stereocenters. The molecule has 0 aromatic carbocycles. The van der Waals surface area contributed by atoms with Crippen molar-refractivity contribution in [2.45, 2.75) is 0 Å². The van der Waals surface area contributed by atoms with E-state index in [1.54, 1.807) is 0 Å². The minimum absolute atomic E-state index is 0.753. The van der Waals surface area contributed by atoms with Gasteiger partial charge in [-0.05, 0) is 14.1 Å². The molecule has 0 bridgehead atoms. The van der Waals surface area contributed by atoms with E-state index in [2.05, 4.69) is 14.3 Å². The molecule has 0 aromatic heterocycles. The van der Waals surface area contributed by atoms with Crippen molar-refractivity contribution in [2.75, 3.05) is 14.1 Å². The van der Waals surface area contributed by atoms with Gasteiger partial charge in [-0.3, -0.25) is 0 Å². The first-order valence-electron chi connectivity index (χ1n) is 1.37. The van der Waals surface area contributed by atoms with Crippen LogP contribution in [0.5, 0.6) is 0 Å². The summed E-state index contributed by atoms with van der Waals surface area (Å²) in [6.45, 7) is 0. The zero-order valence-corrected chi connectivity index (χ0v) is 5.45. The summed E-state index contributed by atoms with van der Waals surface area (Å²) in [5, 5.41) is 0. The molecule has 1 nitrogen and oxygen atoms in total. The minimum atomic E-state index is 0.753. The highest BCUT2D eigenvalue weighted by atomic mass is 29.1. The van der Waals surface area contributed by atoms with Crippen LogP contribution in [0.15, 0.2) is 0 Å². The van der Waals surface area contributed by atoms with E-state index in [0.717, 1.165) is 9.20 Å². The molecule has 0 saturated heterocycles. The molecule has 0 fully saturated rings. The largest absolute Gasteiger partial charge is 0.334 e. The lowest BCUT2D eigenvalue weighted by molar-refractivity contribution is 0.673. The highest BCUT2D eigenvalue weighted by molar-refractivity contribution is 6.87. The number of hydrogen-bond acceptors (Lipinski definition) is 1. The Morgan fingerprint density at radius 3 is 1.80 bits per heavy atom. The van der Waals surface area contributed by atoms with Gasteiger partial charge >= 0.3 is 0 Å². The Morgan fingerprint density at radius 1 is 1.60 bits per heavy atom. The van der Waals surface area contributed by atoms with Gasteiger partial charge in [0.15, 0.2) is 0 Å². The second-order valence-electron chi connectivity index (χ2n) is 1.01. The molecular formula is C2H6NSi2. The molecule has 27 valence electrons. The fraction of sp³-hybridized carbons (Fsp3) is 1.00. The summed E-state index contributed by atoms with van der Waals surface area (Å²) in [6.07, 6.45) is 0. The molecule has 0 unspecified atom stereocenters. The van der Waals surface area contributed by atoms with E-state index in [9.17, 15) is 0 Å². The third-order valence-corrected chi connectivity index (χ3v) is 2.01. The van der Waals surface area contributed by atoms with Gasteiger partial charge in [-0.2, -0.15) is 0 Å². The van der Waals surface area contributed by atoms with Crippen molar-refractivity contribution in [1.29, 1.82) is 0 Å². The molecule has 0 amide bonds. The SMILES string of the molecule is CN(C)[Si][Si]. The number of rotatable bonds is 1. The number of nitrogens with zero attached hydrogens (tertiary/aromatic N) is 1. The zero-order chi connectivity index (χ0) is 4.28. The average Bonchev–Trinajstić information content (AvgIpc) is 1.38. The van der Waals surface area contributed by atoms with Gasteiger partial charge in [0.25, 0.3) is 0 Å². The third kappa shape index (κ3) is 4.39. The van der Waals surface area contributed by atoms with Crippen molar-refractivity contribution >= 4 is 19.0 Å². The molecule has 0 aliphatic carbocycles. The standard InChI is InChI=1S/C2H6NSi2/c1-3(2)5-4/h1-2H3. The topological polar surface area (TPSA) is 3.24 Å². The first-order chi connectivity index (χ1) is 2.27. The predicted octanol–water partition coefficient (Wildman–Crippen LogP) is -0.749. The molecule has 0 spiro atoms. The van der Waals surface area contributed by atoms with Crippen LogP contribution in [0.3, 0.4) is 0 Å². The second kappa shape index (κ2) is 2.62. The highest BCUT2D eigenvalue weighted by Crippen LogP contribution is 1.54. The fourth-order valence-corrected chi connectivity index (χ4v) is 0. The van der Waals surface area contributed by atoms with Crippen LogP contribution < -0.4 is 0 Å². The molecule has 0 aliphatic heterocycles. The van der Waals surface area contributed by atoms with Gasteiger partial charge in [-0.25, -0.2) is 0 Å².